The maximum absolute atomic E-state index is 14.2. The zero-order chi connectivity index (χ0) is 43.6. The quantitative estimate of drug-likeness (QED) is 0.0896. The largest absolute Gasteiger partial charge is 0.453 e. The Morgan fingerprint density at radius 2 is 1.60 bits per heavy atom. The molecule has 2 unspecified atom stereocenters. The highest BCUT2D eigenvalue weighted by Gasteiger charge is 2.43. The molecular weight excluding hydrogens is 819 g/mol. The number of Topliss-reactive ketones (excluding diaryl/α,β-unsaturated/α-hetero) is 1. The third-order valence-electron chi connectivity index (χ3n) is 13.9. The highest BCUT2D eigenvalue weighted by Crippen LogP contribution is 2.46. The van der Waals surface area contributed by atoms with Crippen LogP contribution in [-0.4, -0.2) is 101 Å². The van der Waals surface area contributed by atoms with Gasteiger partial charge in [-0.25, -0.2) is 19.6 Å². The Kier molecular flexibility index (Phi) is 12.8. The van der Waals surface area contributed by atoms with E-state index in [1.54, 1.807) is 11.8 Å². The van der Waals surface area contributed by atoms with Crippen molar-refractivity contribution in [3.63, 3.8) is 0 Å². The number of ketones is 1. The smallest absolute Gasteiger partial charge is 0.407 e. The topological polar surface area (TPSA) is 181 Å². The number of carbonyl (C=O) groups excluding carboxylic acids is 4. The van der Waals surface area contributed by atoms with Gasteiger partial charge in [0.05, 0.1) is 54.5 Å². The molecule has 1 aliphatic carbocycles. The lowest BCUT2D eigenvalue weighted by molar-refractivity contribution is -0.136. The molecule has 63 heavy (non-hydrogen) atoms. The molecule has 2 aromatic heterocycles. The van der Waals surface area contributed by atoms with Crippen LogP contribution in [-0.2, 0) is 23.8 Å². The molecule has 9 rings (SSSR count). The van der Waals surface area contributed by atoms with Crippen molar-refractivity contribution in [2.75, 3.05) is 39.7 Å². The summed E-state index contributed by atoms with van der Waals surface area (Å²) in [5.41, 5.74) is 5.79. The van der Waals surface area contributed by atoms with E-state index in [-0.39, 0.29) is 40.7 Å². The summed E-state index contributed by atoms with van der Waals surface area (Å²) >= 11 is 1.75. The Morgan fingerprint density at radius 1 is 0.857 bits per heavy atom. The van der Waals surface area contributed by atoms with Gasteiger partial charge in [-0.2, -0.15) is 0 Å². The zero-order valence-corrected chi connectivity index (χ0v) is 37.0. The number of aromatic amines is 2. The second kappa shape index (κ2) is 18.7. The standard InChI is InChI=1S/C48H57N7O7S/c1-27(24-28-6-4-7-28)39(53-47(58)60-2)42(56)35-19-23-63-43(35)45-50-36-16-14-33-25-32(13-15-34(33)41(36)52-45)29-9-11-30(12-10-29)37-26-49-44(51-37)38-8-5-20-55(38)46(57)40(54-48(59)61-3)31-17-21-62-22-18-31/h9-16,25-28,31,35,38-40,43H,4-8,17-24H2,1-3H3,(H,49,51)(H,50,52)(H,53,58)(H,54,59)/t27?,35?,38-,39-,40-,43-/m0/s1. The Balaban J connectivity index is 0.895. The van der Waals surface area contributed by atoms with Gasteiger partial charge in [-0.3, -0.25) is 9.59 Å². The van der Waals surface area contributed by atoms with Crippen LogP contribution in [0.5, 0.6) is 0 Å². The van der Waals surface area contributed by atoms with E-state index in [1.165, 1.54) is 33.5 Å². The van der Waals surface area contributed by atoms with Crippen LogP contribution in [0.3, 0.4) is 0 Å². The molecule has 5 aromatic rings. The first kappa shape index (κ1) is 42.9. The van der Waals surface area contributed by atoms with Gasteiger partial charge in [-0.15, -0.1) is 11.8 Å². The SMILES string of the molecule is COC(=O)N[C@H](C(=O)C1CCS[C@@H]1c1nc2c(ccc3cc(-c4ccc(-c5cnc([C@@H]6CCCN6C(=O)[C@@H](NC(=O)OC)C6CCOCC6)[nH]5)cc4)ccc32)[nH]1)C(C)CC1CCC1. The predicted octanol–water partition coefficient (Wildman–Crippen LogP) is 8.50. The summed E-state index contributed by atoms with van der Waals surface area (Å²) in [6.45, 7) is 3.79. The van der Waals surface area contributed by atoms with E-state index in [0.29, 0.717) is 38.5 Å². The average molecular weight is 876 g/mol. The first-order valence-corrected chi connectivity index (χ1v) is 23.5. The second-order valence-electron chi connectivity index (χ2n) is 17.7. The van der Waals surface area contributed by atoms with Gasteiger partial charge in [0.2, 0.25) is 5.91 Å². The number of ether oxygens (including phenoxy) is 3. The number of thioether (sulfide) groups is 1. The Hall–Kier alpha value is -5.41. The van der Waals surface area contributed by atoms with Crippen molar-refractivity contribution in [3.05, 3.63) is 72.4 Å². The van der Waals surface area contributed by atoms with Crippen molar-refractivity contribution in [1.82, 2.24) is 35.5 Å². The van der Waals surface area contributed by atoms with Gasteiger partial charge in [0, 0.05) is 31.1 Å². The number of nitrogens with zero attached hydrogens (tertiary/aromatic N) is 3. The number of aromatic nitrogens is 4. The molecule has 3 aromatic carbocycles. The molecule has 332 valence electrons. The van der Waals surface area contributed by atoms with Crippen molar-refractivity contribution in [1.29, 1.82) is 0 Å². The third-order valence-corrected chi connectivity index (χ3v) is 15.3. The minimum Gasteiger partial charge on any atom is -0.453 e. The summed E-state index contributed by atoms with van der Waals surface area (Å²) in [5.74, 6) is 2.66. The van der Waals surface area contributed by atoms with Crippen LogP contribution in [0.15, 0.2) is 60.8 Å². The van der Waals surface area contributed by atoms with E-state index < -0.39 is 24.3 Å². The van der Waals surface area contributed by atoms with Gasteiger partial charge in [-0.1, -0.05) is 68.7 Å². The molecule has 0 radical (unpaired) electrons. The molecule has 5 heterocycles. The molecule has 3 amide bonds. The van der Waals surface area contributed by atoms with Crippen molar-refractivity contribution in [2.24, 2.45) is 23.7 Å². The fourth-order valence-electron chi connectivity index (χ4n) is 10.2. The van der Waals surface area contributed by atoms with Crippen molar-refractivity contribution in [3.8, 4) is 22.4 Å². The van der Waals surface area contributed by atoms with E-state index in [9.17, 15) is 19.2 Å². The van der Waals surface area contributed by atoms with E-state index in [2.05, 4.69) is 82.1 Å². The molecule has 0 spiro atoms. The normalized spacial score (nSPS) is 22.1. The van der Waals surface area contributed by atoms with Gasteiger partial charge in [0.15, 0.2) is 5.78 Å². The fourth-order valence-corrected chi connectivity index (χ4v) is 11.6. The molecule has 15 heteroatoms. The number of alkyl carbamates (subject to hydrolysis) is 2. The summed E-state index contributed by atoms with van der Waals surface area (Å²) < 4.78 is 15.4. The fraction of sp³-hybridized carbons (Fsp3) is 0.500. The monoisotopic (exact) mass is 875 g/mol. The Morgan fingerprint density at radius 3 is 2.35 bits per heavy atom. The number of imidazole rings is 2. The van der Waals surface area contributed by atoms with Crippen LogP contribution in [0.2, 0.25) is 0 Å². The maximum Gasteiger partial charge on any atom is 0.407 e. The molecule has 4 aliphatic rings. The summed E-state index contributed by atoms with van der Waals surface area (Å²) in [4.78, 5) is 71.8. The highest BCUT2D eigenvalue weighted by atomic mass is 32.2. The number of benzene rings is 3. The first-order chi connectivity index (χ1) is 30.7. The average Bonchev–Trinajstić information content (AvgIpc) is 4.15. The zero-order valence-electron chi connectivity index (χ0n) is 36.2. The van der Waals surface area contributed by atoms with Gasteiger partial charge in [0.25, 0.3) is 0 Å². The molecule has 4 fully saturated rings. The summed E-state index contributed by atoms with van der Waals surface area (Å²) in [6, 6.07) is 17.5. The van der Waals surface area contributed by atoms with E-state index >= 15 is 0 Å². The van der Waals surface area contributed by atoms with Crippen LogP contribution in [0.1, 0.15) is 87.7 Å². The number of likely N-dealkylation sites (tertiary alicyclic amines) is 1. The number of hydrogen-bond acceptors (Lipinski definition) is 10. The summed E-state index contributed by atoms with van der Waals surface area (Å²) in [5, 5.41) is 7.69. The lowest BCUT2D eigenvalue weighted by Gasteiger charge is -2.34. The van der Waals surface area contributed by atoms with Crippen LogP contribution in [0.4, 0.5) is 9.59 Å². The highest BCUT2D eigenvalue weighted by molar-refractivity contribution is 7.99. The molecule has 6 atom stereocenters. The number of hydrogen-bond donors (Lipinski definition) is 4. The number of amides is 3. The number of fused-ring (bicyclic) bond motifs is 3. The van der Waals surface area contributed by atoms with Crippen molar-refractivity contribution >= 4 is 57.4 Å². The van der Waals surface area contributed by atoms with Crippen molar-refractivity contribution < 1.29 is 33.4 Å². The van der Waals surface area contributed by atoms with Gasteiger partial charge in [0.1, 0.15) is 17.7 Å². The first-order valence-electron chi connectivity index (χ1n) is 22.5. The number of methoxy groups -OCH3 is 2. The van der Waals surface area contributed by atoms with E-state index in [1.807, 2.05) is 11.1 Å². The van der Waals surface area contributed by atoms with Crippen LogP contribution in [0, 0.1) is 23.7 Å². The number of carbonyl (C=O) groups is 4. The third kappa shape index (κ3) is 8.91. The minimum atomic E-state index is -0.685. The lowest BCUT2D eigenvalue weighted by Crippen LogP contribution is -2.53. The number of nitrogens with one attached hydrogen (secondary N) is 4. The summed E-state index contributed by atoms with van der Waals surface area (Å²) in [6.07, 6.45) is 8.92. The van der Waals surface area contributed by atoms with Gasteiger partial charge in [-0.05, 0) is 96.2 Å². The second-order valence-corrected chi connectivity index (χ2v) is 19.0. The molecule has 4 N–H and O–H groups in total. The molecule has 14 nitrogen and oxygen atoms in total. The van der Waals surface area contributed by atoms with Crippen LogP contribution in [0.25, 0.3) is 44.2 Å². The van der Waals surface area contributed by atoms with Gasteiger partial charge < -0.3 is 39.7 Å². The number of H-pyrrole nitrogens is 2. The lowest BCUT2D eigenvalue weighted by atomic mass is 9.75. The Bertz CT molecular complexity index is 2460. The summed E-state index contributed by atoms with van der Waals surface area (Å²) in [7, 11) is 2.65. The number of rotatable bonds is 13. The van der Waals surface area contributed by atoms with E-state index in [4.69, 9.17) is 24.2 Å². The molecule has 0 bridgehead atoms. The molecule has 3 aliphatic heterocycles. The maximum atomic E-state index is 14.2. The minimum absolute atomic E-state index is 0.0176. The molecule has 1 saturated carbocycles. The Labute approximate surface area is 371 Å². The van der Waals surface area contributed by atoms with Crippen LogP contribution >= 0.6 is 11.8 Å². The van der Waals surface area contributed by atoms with Gasteiger partial charge >= 0.3 is 12.2 Å². The predicted molar refractivity (Wildman–Crippen MR) is 242 cm³/mol. The molecule has 3 saturated heterocycles. The van der Waals surface area contributed by atoms with Crippen molar-refractivity contribution in [2.45, 2.75) is 88.1 Å². The van der Waals surface area contributed by atoms with E-state index in [0.717, 1.165) is 87.3 Å². The molecular formula is C48H57N7O7S. The van der Waals surface area contributed by atoms with Crippen LogP contribution < -0.4 is 10.6 Å².